The molecular formula is C12H10BrClFN. The predicted octanol–water partition coefficient (Wildman–Crippen LogP) is 4.86. The molecule has 0 fully saturated rings. The van der Waals surface area contributed by atoms with Crippen LogP contribution in [0, 0.1) is 17.1 Å². The minimum absolute atomic E-state index is 0.203. The van der Waals surface area contributed by atoms with E-state index < -0.39 is 5.82 Å². The minimum Gasteiger partial charge on any atom is -0.206 e. The highest BCUT2D eigenvalue weighted by Crippen LogP contribution is 2.29. The van der Waals surface area contributed by atoms with Crippen molar-refractivity contribution in [2.75, 3.05) is 0 Å². The Bertz CT molecular complexity index is 463. The summed E-state index contributed by atoms with van der Waals surface area (Å²) in [6, 6.07) is 6.60. The number of nitriles is 1. The first-order chi connectivity index (χ1) is 7.60. The molecule has 1 rings (SSSR count). The van der Waals surface area contributed by atoms with Crippen LogP contribution in [0.1, 0.15) is 25.3 Å². The zero-order valence-electron chi connectivity index (χ0n) is 8.73. The lowest BCUT2D eigenvalue weighted by Crippen LogP contribution is -1.89. The summed E-state index contributed by atoms with van der Waals surface area (Å²) in [6.07, 6.45) is 1.36. The van der Waals surface area contributed by atoms with Crippen molar-refractivity contribution in [1.29, 1.82) is 5.26 Å². The van der Waals surface area contributed by atoms with E-state index in [1.165, 1.54) is 6.07 Å². The summed E-state index contributed by atoms with van der Waals surface area (Å²) in [5, 5.41) is 9.11. The summed E-state index contributed by atoms with van der Waals surface area (Å²) in [5.74, 6) is -0.428. The zero-order chi connectivity index (χ0) is 12.1. The molecule has 84 valence electrons. The van der Waals surface area contributed by atoms with Crippen LogP contribution in [0.5, 0.6) is 0 Å². The largest absolute Gasteiger partial charge is 0.206 e. The van der Waals surface area contributed by atoms with Crippen molar-refractivity contribution in [3.63, 3.8) is 0 Å². The lowest BCUT2D eigenvalue weighted by Gasteiger charge is -2.05. The summed E-state index contributed by atoms with van der Waals surface area (Å²) in [4.78, 5) is 0. The van der Waals surface area contributed by atoms with E-state index in [4.69, 9.17) is 16.9 Å². The Labute approximate surface area is 108 Å². The second-order valence-corrected chi connectivity index (χ2v) is 4.57. The van der Waals surface area contributed by atoms with Gasteiger partial charge in [0.05, 0.1) is 11.1 Å². The first-order valence-electron chi connectivity index (χ1n) is 4.84. The molecule has 0 aliphatic rings. The second-order valence-electron chi connectivity index (χ2n) is 3.28. The molecule has 1 nitrogen and oxygen atoms in total. The number of hydrogen-bond donors (Lipinski definition) is 0. The number of rotatable bonds is 3. The topological polar surface area (TPSA) is 23.8 Å². The first kappa shape index (κ1) is 13.2. The van der Waals surface area contributed by atoms with E-state index in [2.05, 4.69) is 15.9 Å². The van der Waals surface area contributed by atoms with Gasteiger partial charge in [-0.1, -0.05) is 40.9 Å². The highest BCUT2D eigenvalue weighted by atomic mass is 79.9. The predicted molar refractivity (Wildman–Crippen MR) is 67.4 cm³/mol. The fraction of sp³-hybridized carbons (Fsp3) is 0.250. The van der Waals surface area contributed by atoms with E-state index in [0.29, 0.717) is 16.5 Å². The van der Waals surface area contributed by atoms with Crippen LogP contribution in [0.3, 0.4) is 0 Å². The quantitative estimate of drug-likeness (QED) is 0.731. The smallest absolute Gasteiger partial charge is 0.133 e. The van der Waals surface area contributed by atoms with E-state index in [-0.39, 0.29) is 10.6 Å². The zero-order valence-corrected chi connectivity index (χ0v) is 11.1. The van der Waals surface area contributed by atoms with Gasteiger partial charge in [-0.3, -0.25) is 0 Å². The maximum Gasteiger partial charge on any atom is 0.133 e. The van der Waals surface area contributed by atoms with Gasteiger partial charge in [0, 0.05) is 15.6 Å². The lowest BCUT2D eigenvalue weighted by molar-refractivity contribution is 0.623. The molecule has 0 heterocycles. The van der Waals surface area contributed by atoms with Gasteiger partial charge >= 0.3 is 0 Å². The van der Waals surface area contributed by atoms with Crippen molar-refractivity contribution in [2.24, 2.45) is 0 Å². The van der Waals surface area contributed by atoms with Gasteiger partial charge in [-0.2, -0.15) is 5.26 Å². The van der Waals surface area contributed by atoms with Crippen LogP contribution in [-0.4, -0.2) is 0 Å². The van der Waals surface area contributed by atoms with Crippen LogP contribution in [-0.2, 0) is 0 Å². The summed E-state index contributed by atoms with van der Waals surface area (Å²) >= 11 is 9.18. The van der Waals surface area contributed by atoms with Crippen molar-refractivity contribution < 1.29 is 4.39 Å². The van der Waals surface area contributed by atoms with Gasteiger partial charge in [-0.25, -0.2) is 4.39 Å². The Kier molecular flexibility index (Phi) is 4.98. The lowest BCUT2D eigenvalue weighted by atomic mass is 10.1. The van der Waals surface area contributed by atoms with Gasteiger partial charge < -0.3 is 0 Å². The average Bonchev–Trinajstić information content (AvgIpc) is 2.25. The first-order valence-corrected chi connectivity index (χ1v) is 6.01. The van der Waals surface area contributed by atoms with E-state index >= 15 is 0 Å². The van der Waals surface area contributed by atoms with Gasteiger partial charge in [0.1, 0.15) is 5.82 Å². The molecule has 0 amide bonds. The molecule has 0 aliphatic carbocycles. The van der Waals surface area contributed by atoms with Crippen molar-refractivity contribution >= 4 is 32.6 Å². The fourth-order valence-corrected chi connectivity index (χ4v) is 1.92. The van der Waals surface area contributed by atoms with Crippen LogP contribution in [0.4, 0.5) is 4.39 Å². The maximum atomic E-state index is 13.6. The standard InChI is InChI=1S/C12H10BrClFN/c1-2-3-8(7-16)12(14)10-5-4-9(13)6-11(10)15/h4-6H,2-3H2,1H3. The normalized spacial score (nSPS) is 11.9. The van der Waals surface area contributed by atoms with Gasteiger partial charge in [0.25, 0.3) is 0 Å². The molecule has 0 aromatic heterocycles. The average molecular weight is 303 g/mol. The van der Waals surface area contributed by atoms with Crippen LogP contribution >= 0.6 is 27.5 Å². The third-order valence-electron chi connectivity index (χ3n) is 2.07. The third kappa shape index (κ3) is 3.07. The third-order valence-corrected chi connectivity index (χ3v) is 2.99. The molecule has 0 aliphatic heterocycles. The van der Waals surface area contributed by atoms with E-state index in [1.807, 2.05) is 13.0 Å². The molecule has 0 N–H and O–H groups in total. The van der Waals surface area contributed by atoms with Crippen LogP contribution < -0.4 is 0 Å². The van der Waals surface area contributed by atoms with Crippen molar-refractivity contribution in [3.05, 3.63) is 39.6 Å². The van der Waals surface area contributed by atoms with Crippen LogP contribution in [0.15, 0.2) is 28.2 Å². The summed E-state index contributed by atoms with van der Waals surface area (Å²) in [5.41, 5.74) is 0.695. The second kappa shape index (κ2) is 6.03. The number of halogens is 3. The Morgan fingerprint density at radius 2 is 2.25 bits per heavy atom. The number of allylic oxidation sites excluding steroid dienone is 1. The minimum atomic E-state index is -0.428. The van der Waals surface area contributed by atoms with Crippen LogP contribution in [0.25, 0.3) is 5.03 Å². The Balaban J connectivity index is 3.22. The molecule has 0 atom stereocenters. The van der Waals surface area contributed by atoms with Gasteiger partial charge in [-0.05, 0) is 24.6 Å². The summed E-state index contributed by atoms with van der Waals surface area (Å²) < 4.78 is 14.2. The number of benzene rings is 1. The van der Waals surface area contributed by atoms with E-state index in [0.717, 1.165) is 6.42 Å². The molecule has 16 heavy (non-hydrogen) atoms. The molecule has 0 saturated heterocycles. The Morgan fingerprint density at radius 3 is 2.75 bits per heavy atom. The Morgan fingerprint density at radius 1 is 1.56 bits per heavy atom. The molecule has 0 radical (unpaired) electrons. The number of nitrogens with zero attached hydrogens (tertiary/aromatic N) is 1. The van der Waals surface area contributed by atoms with Crippen LogP contribution in [0.2, 0.25) is 0 Å². The monoisotopic (exact) mass is 301 g/mol. The summed E-state index contributed by atoms with van der Waals surface area (Å²) in [7, 11) is 0. The maximum absolute atomic E-state index is 13.6. The van der Waals surface area contributed by atoms with Gasteiger partial charge in [0.15, 0.2) is 0 Å². The van der Waals surface area contributed by atoms with E-state index in [9.17, 15) is 4.39 Å². The molecule has 0 spiro atoms. The van der Waals surface area contributed by atoms with E-state index in [1.54, 1.807) is 12.1 Å². The number of hydrogen-bond acceptors (Lipinski definition) is 1. The van der Waals surface area contributed by atoms with Gasteiger partial charge in [0.2, 0.25) is 0 Å². The molecule has 0 bridgehead atoms. The highest BCUT2D eigenvalue weighted by Gasteiger charge is 2.11. The Hall–Kier alpha value is -0.850. The molecule has 0 unspecified atom stereocenters. The highest BCUT2D eigenvalue weighted by molar-refractivity contribution is 9.10. The molecule has 1 aromatic rings. The molecule has 1 aromatic carbocycles. The molecule has 0 saturated carbocycles. The van der Waals surface area contributed by atoms with Crippen molar-refractivity contribution in [3.8, 4) is 6.07 Å². The SMILES string of the molecule is CCCC(C#N)=C(Cl)c1ccc(Br)cc1F. The fourth-order valence-electron chi connectivity index (χ4n) is 1.29. The van der Waals surface area contributed by atoms with Crippen molar-refractivity contribution in [1.82, 2.24) is 0 Å². The molecule has 4 heteroatoms. The van der Waals surface area contributed by atoms with Crippen molar-refractivity contribution in [2.45, 2.75) is 19.8 Å². The molecular weight excluding hydrogens is 292 g/mol. The van der Waals surface area contributed by atoms with Gasteiger partial charge in [-0.15, -0.1) is 0 Å². The summed E-state index contributed by atoms with van der Waals surface area (Å²) in [6.45, 7) is 1.94.